The lowest BCUT2D eigenvalue weighted by Gasteiger charge is -2.09. The Morgan fingerprint density at radius 1 is 0.900 bits per heavy atom. The van der Waals surface area contributed by atoms with E-state index < -0.39 is 23.4 Å². The van der Waals surface area contributed by atoms with Crippen LogP contribution in [0.4, 0.5) is 8.78 Å². The highest BCUT2D eigenvalue weighted by molar-refractivity contribution is 5.91. The molecule has 2 aromatic rings. The number of benzene rings is 2. The largest absolute Gasteiger partial charge is 0.420 e. The van der Waals surface area contributed by atoms with E-state index in [9.17, 15) is 13.6 Å². The van der Waals surface area contributed by atoms with Gasteiger partial charge < -0.3 is 4.74 Å². The molecule has 0 fully saturated rings. The number of carbonyl (C=O) groups is 1. The zero-order valence-corrected chi connectivity index (χ0v) is 17.9. The van der Waals surface area contributed by atoms with E-state index in [0.717, 1.165) is 18.4 Å². The van der Waals surface area contributed by atoms with E-state index in [1.807, 2.05) is 12.1 Å². The number of unbranched alkanes of at least 4 members (excludes halogenated alkanes) is 6. The summed E-state index contributed by atoms with van der Waals surface area (Å²) in [6.45, 7) is 5.79. The highest BCUT2D eigenvalue weighted by atomic mass is 19.2. The molecule has 0 atom stereocenters. The lowest BCUT2D eigenvalue weighted by atomic mass is 10.0. The van der Waals surface area contributed by atoms with E-state index in [-0.39, 0.29) is 5.56 Å². The molecule has 0 saturated carbocycles. The van der Waals surface area contributed by atoms with Gasteiger partial charge >= 0.3 is 5.97 Å². The minimum absolute atomic E-state index is 0.238. The molecular formula is C26H32F2O2. The number of aryl methyl sites for hydroxylation is 2. The molecule has 0 aliphatic carbocycles. The van der Waals surface area contributed by atoms with Gasteiger partial charge in [0.15, 0.2) is 11.6 Å². The quantitative estimate of drug-likeness (QED) is 0.146. The van der Waals surface area contributed by atoms with E-state index in [4.69, 9.17) is 4.74 Å². The van der Waals surface area contributed by atoms with Gasteiger partial charge in [0.1, 0.15) is 0 Å². The minimum atomic E-state index is -1.14. The molecule has 0 aromatic heterocycles. The van der Waals surface area contributed by atoms with Gasteiger partial charge in [-0.1, -0.05) is 69.7 Å². The molecule has 0 saturated heterocycles. The van der Waals surface area contributed by atoms with E-state index in [0.29, 0.717) is 18.4 Å². The third-order valence-corrected chi connectivity index (χ3v) is 5.21. The Hall–Kier alpha value is -2.49. The second-order valence-corrected chi connectivity index (χ2v) is 7.64. The maximum Gasteiger partial charge on any atom is 0.343 e. The summed E-state index contributed by atoms with van der Waals surface area (Å²) in [6.07, 6.45) is 12.3. The molecule has 4 heteroatoms. The van der Waals surface area contributed by atoms with E-state index in [1.165, 1.54) is 50.7 Å². The van der Waals surface area contributed by atoms with Crippen LogP contribution in [0.3, 0.4) is 0 Å². The first-order valence-electron chi connectivity index (χ1n) is 11.0. The van der Waals surface area contributed by atoms with Crippen LogP contribution in [0.25, 0.3) is 0 Å². The average Bonchev–Trinajstić information content (AvgIpc) is 2.76. The number of hydrogen-bond acceptors (Lipinski definition) is 2. The Morgan fingerprint density at radius 3 is 2.23 bits per heavy atom. The Morgan fingerprint density at radius 2 is 1.57 bits per heavy atom. The van der Waals surface area contributed by atoms with Crippen molar-refractivity contribution in [2.24, 2.45) is 0 Å². The minimum Gasteiger partial charge on any atom is -0.420 e. The van der Waals surface area contributed by atoms with Crippen molar-refractivity contribution in [1.29, 1.82) is 0 Å². The fourth-order valence-electron chi connectivity index (χ4n) is 3.35. The van der Waals surface area contributed by atoms with Crippen LogP contribution in [0.1, 0.15) is 79.8 Å². The molecule has 0 heterocycles. The maximum absolute atomic E-state index is 14.2. The summed E-state index contributed by atoms with van der Waals surface area (Å²) < 4.78 is 33.4. The van der Waals surface area contributed by atoms with Crippen LogP contribution in [0, 0.1) is 11.6 Å². The number of allylic oxidation sites excluding steroid dienone is 1. The van der Waals surface area contributed by atoms with Crippen molar-refractivity contribution in [2.45, 2.75) is 71.1 Å². The summed E-state index contributed by atoms with van der Waals surface area (Å²) >= 11 is 0. The first-order chi connectivity index (χ1) is 14.6. The van der Waals surface area contributed by atoms with Crippen molar-refractivity contribution in [2.75, 3.05) is 0 Å². The predicted molar refractivity (Wildman–Crippen MR) is 118 cm³/mol. The van der Waals surface area contributed by atoms with Crippen LogP contribution in [0.5, 0.6) is 5.75 Å². The molecule has 2 aromatic carbocycles. The van der Waals surface area contributed by atoms with Gasteiger partial charge in [0.25, 0.3) is 0 Å². The molecule has 0 unspecified atom stereocenters. The lowest BCUT2D eigenvalue weighted by Crippen LogP contribution is -2.10. The highest BCUT2D eigenvalue weighted by Crippen LogP contribution is 2.24. The zero-order valence-electron chi connectivity index (χ0n) is 17.9. The van der Waals surface area contributed by atoms with Gasteiger partial charge in [-0.15, -0.1) is 6.58 Å². The first-order valence-corrected chi connectivity index (χ1v) is 11.0. The Kier molecular flexibility index (Phi) is 10.3. The van der Waals surface area contributed by atoms with E-state index >= 15 is 0 Å². The third kappa shape index (κ3) is 7.40. The van der Waals surface area contributed by atoms with Gasteiger partial charge in [0.2, 0.25) is 5.82 Å². The van der Waals surface area contributed by atoms with Gasteiger partial charge in [-0.05, 0) is 55.0 Å². The van der Waals surface area contributed by atoms with Crippen LogP contribution < -0.4 is 4.74 Å². The SMILES string of the molecule is C=CCCc1ccc(OC(=O)c2ccc(CCCCCCCCC)cc2)c(F)c1F. The number of ether oxygens (including phenoxy) is 1. The number of rotatable bonds is 13. The molecule has 30 heavy (non-hydrogen) atoms. The van der Waals surface area contributed by atoms with Gasteiger partial charge in [-0.2, -0.15) is 4.39 Å². The van der Waals surface area contributed by atoms with Gasteiger partial charge in [-0.3, -0.25) is 0 Å². The fourth-order valence-corrected chi connectivity index (χ4v) is 3.35. The van der Waals surface area contributed by atoms with Crippen molar-refractivity contribution in [3.8, 4) is 5.75 Å². The molecule has 2 rings (SSSR count). The Balaban J connectivity index is 1.86. The van der Waals surface area contributed by atoms with Crippen molar-refractivity contribution >= 4 is 5.97 Å². The number of halogens is 2. The van der Waals surface area contributed by atoms with Crippen LogP contribution in [0.2, 0.25) is 0 Å². The number of hydrogen-bond donors (Lipinski definition) is 0. The van der Waals surface area contributed by atoms with Crippen LogP contribution in [0.15, 0.2) is 49.1 Å². The summed E-state index contributed by atoms with van der Waals surface area (Å²) in [5.41, 5.74) is 1.71. The van der Waals surface area contributed by atoms with Crippen molar-refractivity contribution in [1.82, 2.24) is 0 Å². The van der Waals surface area contributed by atoms with E-state index in [1.54, 1.807) is 18.2 Å². The predicted octanol–water partition coefficient (Wildman–Crippen LogP) is 7.60. The monoisotopic (exact) mass is 414 g/mol. The molecule has 0 bridgehead atoms. The molecule has 2 nitrogen and oxygen atoms in total. The molecule has 0 aliphatic rings. The molecular weight excluding hydrogens is 382 g/mol. The second-order valence-electron chi connectivity index (χ2n) is 7.64. The smallest absolute Gasteiger partial charge is 0.343 e. The summed E-state index contributed by atoms with van der Waals surface area (Å²) in [4.78, 5) is 12.3. The van der Waals surface area contributed by atoms with Crippen LogP contribution in [-0.2, 0) is 12.8 Å². The van der Waals surface area contributed by atoms with Gasteiger partial charge in [0.05, 0.1) is 5.56 Å². The van der Waals surface area contributed by atoms with Crippen molar-refractivity contribution < 1.29 is 18.3 Å². The normalized spacial score (nSPS) is 10.8. The molecule has 162 valence electrons. The van der Waals surface area contributed by atoms with E-state index in [2.05, 4.69) is 13.5 Å². The van der Waals surface area contributed by atoms with Crippen LogP contribution in [-0.4, -0.2) is 5.97 Å². The molecule has 0 aliphatic heterocycles. The third-order valence-electron chi connectivity index (χ3n) is 5.21. The molecule has 0 radical (unpaired) electrons. The Bertz CT molecular complexity index is 813. The second kappa shape index (κ2) is 12.9. The zero-order chi connectivity index (χ0) is 21.8. The summed E-state index contributed by atoms with van der Waals surface area (Å²) in [6, 6.07) is 9.86. The Labute approximate surface area is 179 Å². The van der Waals surface area contributed by atoms with Gasteiger partial charge in [-0.25, -0.2) is 9.18 Å². The summed E-state index contributed by atoms with van der Waals surface area (Å²) in [7, 11) is 0. The van der Waals surface area contributed by atoms with Crippen molar-refractivity contribution in [3.05, 3.63) is 77.4 Å². The van der Waals surface area contributed by atoms with Gasteiger partial charge in [0, 0.05) is 0 Å². The summed E-state index contributed by atoms with van der Waals surface area (Å²) in [5, 5.41) is 0. The fraction of sp³-hybridized carbons (Fsp3) is 0.423. The lowest BCUT2D eigenvalue weighted by molar-refractivity contribution is 0.0726. The topological polar surface area (TPSA) is 26.3 Å². The molecule has 0 spiro atoms. The first kappa shape index (κ1) is 23.8. The number of esters is 1. The summed E-state index contributed by atoms with van der Waals surface area (Å²) in [5.74, 6) is -3.21. The van der Waals surface area contributed by atoms with Crippen LogP contribution >= 0.6 is 0 Å². The standard InChI is InChI=1S/C26H32F2O2/c1-3-5-7-8-9-10-11-12-20-14-16-22(17-15-20)26(29)30-23-19-18-21(13-6-4-2)24(27)25(23)28/h4,14-19H,2-3,5-13H2,1H3. The maximum atomic E-state index is 14.2. The highest BCUT2D eigenvalue weighted by Gasteiger charge is 2.17. The average molecular weight is 415 g/mol. The molecule has 0 N–H and O–H groups in total. The van der Waals surface area contributed by atoms with Crippen molar-refractivity contribution in [3.63, 3.8) is 0 Å². The molecule has 0 amide bonds. The number of carbonyl (C=O) groups excluding carboxylic acids is 1.